The third-order valence-electron chi connectivity index (χ3n) is 6.20. The van der Waals surface area contributed by atoms with Crippen LogP contribution in [0, 0.1) is 0 Å². The molecule has 0 amide bonds. The molecule has 34 heavy (non-hydrogen) atoms. The average Bonchev–Trinajstić information content (AvgIpc) is 3.37. The zero-order valence-electron chi connectivity index (χ0n) is 19.3. The number of aromatic nitrogens is 3. The zero-order valence-corrected chi connectivity index (χ0v) is 19.3. The van der Waals surface area contributed by atoms with E-state index in [2.05, 4.69) is 51.6 Å². The Labute approximate surface area is 197 Å². The molecule has 3 heterocycles. The summed E-state index contributed by atoms with van der Waals surface area (Å²) in [5.41, 5.74) is 3.46. The quantitative estimate of drug-likeness (QED) is 0.452. The highest BCUT2D eigenvalue weighted by atomic mass is 19.4. The van der Waals surface area contributed by atoms with Crippen molar-refractivity contribution in [2.45, 2.75) is 26.1 Å². The van der Waals surface area contributed by atoms with Crippen molar-refractivity contribution in [2.75, 3.05) is 31.1 Å². The molecule has 1 aliphatic rings. The van der Waals surface area contributed by atoms with Gasteiger partial charge >= 0.3 is 6.18 Å². The molecule has 0 spiro atoms. The van der Waals surface area contributed by atoms with Crippen molar-refractivity contribution < 1.29 is 13.2 Å². The molecule has 4 rings (SSSR count). The molecule has 0 aliphatic carbocycles. The highest BCUT2D eigenvalue weighted by molar-refractivity contribution is 5.78. The number of pyridine rings is 1. The topological polar surface area (TPSA) is 37.2 Å². The Morgan fingerprint density at radius 3 is 2.47 bits per heavy atom. The number of benzene rings is 1. The van der Waals surface area contributed by atoms with Gasteiger partial charge in [0.25, 0.3) is 0 Å². The van der Waals surface area contributed by atoms with Gasteiger partial charge in [-0.05, 0) is 60.9 Å². The predicted octanol–water partition coefficient (Wildman–Crippen LogP) is 5.46. The van der Waals surface area contributed by atoms with Gasteiger partial charge in [0, 0.05) is 50.8 Å². The molecule has 178 valence electrons. The maximum Gasteiger partial charge on any atom is 0.417 e. The summed E-state index contributed by atoms with van der Waals surface area (Å²) in [4.78, 5) is 8.49. The van der Waals surface area contributed by atoms with E-state index in [0.717, 1.165) is 54.3 Å². The van der Waals surface area contributed by atoms with Gasteiger partial charge in [-0.3, -0.25) is 4.90 Å². The first-order valence-electron chi connectivity index (χ1n) is 11.2. The number of halogens is 3. The molecule has 8 heteroatoms. The highest BCUT2D eigenvalue weighted by Crippen LogP contribution is 2.30. The molecule has 3 aromatic rings. The molecule has 1 aromatic carbocycles. The lowest BCUT2D eigenvalue weighted by Gasteiger charge is -2.41. The Balaban J connectivity index is 1.37. The average molecular weight is 468 g/mol. The van der Waals surface area contributed by atoms with E-state index in [-0.39, 0.29) is 6.04 Å². The molecule has 0 N–H and O–H groups in total. The maximum atomic E-state index is 12.8. The van der Waals surface area contributed by atoms with Gasteiger partial charge in [-0.15, -0.1) is 0 Å². The van der Waals surface area contributed by atoms with Gasteiger partial charge in [0.2, 0.25) is 0 Å². The number of allylic oxidation sites excluding steroid dienone is 1. The van der Waals surface area contributed by atoms with Crippen molar-refractivity contribution in [1.29, 1.82) is 0 Å². The number of hydrogen-bond donors (Lipinski definition) is 0. The third kappa shape index (κ3) is 5.22. The van der Waals surface area contributed by atoms with Crippen molar-refractivity contribution in [1.82, 2.24) is 19.7 Å². The Bertz CT molecular complexity index is 1130. The van der Waals surface area contributed by atoms with Crippen LogP contribution in [0.25, 0.3) is 11.3 Å². The van der Waals surface area contributed by atoms with Crippen LogP contribution in [-0.2, 0) is 6.18 Å². The van der Waals surface area contributed by atoms with Crippen molar-refractivity contribution in [3.05, 3.63) is 90.4 Å². The minimum atomic E-state index is -4.37. The van der Waals surface area contributed by atoms with Crippen LogP contribution in [0.4, 0.5) is 19.0 Å². The lowest BCUT2D eigenvalue weighted by atomic mass is 9.98. The van der Waals surface area contributed by atoms with Crippen molar-refractivity contribution in [2.24, 2.45) is 0 Å². The second-order valence-corrected chi connectivity index (χ2v) is 8.47. The molecule has 1 atom stereocenters. The van der Waals surface area contributed by atoms with Crippen LogP contribution >= 0.6 is 0 Å². The van der Waals surface area contributed by atoms with Gasteiger partial charge in [0.05, 0.1) is 11.3 Å². The van der Waals surface area contributed by atoms with Crippen LogP contribution < -0.4 is 4.90 Å². The summed E-state index contributed by atoms with van der Waals surface area (Å²) < 4.78 is 40.3. The van der Waals surface area contributed by atoms with Gasteiger partial charge in [-0.1, -0.05) is 24.8 Å². The first kappa shape index (κ1) is 23.8. The fourth-order valence-corrected chi connectivity index (χ4v) is 4.26. The summed E-state index contributed by atoms with van der Waals surface area (Å²) in [6, 6.07) is 12.7. The van der Waals surface area contributed by atoms with Crippen LogP contribution in [-0.4, -0.2) is 51.9 Å². The summed E-state index contributed by atoms with van der Waals surface area (Å²) in [7, 11) is 0. The van der Waals surface area contributed by atoms with E-state index in [1.54, 1.807) is 6.20 Å². The number of piperazine rings is 1. The van der Waals surface area contributed by atoms with E-state index in [1.165, 1.54) is 6.07 Å². The summed E-state index contributed by atoms with van der Waals surface area (Å²) >= 11 is 0. The van der Waals surface area contributed by atoms with Crippen LogP contribution in [0.15, 0.2) is 79.3 Å². The van der Waals surface area contributed by atoms with E-state index in [0.29, 0.717) is 12.4 Å². The molecule has 1 aliphatic heterocycles. The van der Waals surface area contributed by atoms with Crippen molar-refractivity contribution >= 4 is 11.4 Å². The molecule has 0 unspecified atom stereocenters. The Kier molecular flexibility index (Phi) is 6.88. The van der Waals surface area contributed by atoms with E-state index in [4.69, 9.17) is 0 Å². The number of nitrogens with zero attached hydrogens (tertiary/aromatic N) is 5. The molecule has 0 bridgehead atoms. The Hall–Kier alpha value is -3.39. The van der Waals surface area contributed by atoms with Gasteiger partial charge in [0.1, 0.15) is 5.82 Å². The monoisotopic (exact) mass is 467 g/mol. The van der Waals surface area contributed by atoms with Gasteiger partial charge < -0.3 is 4.90 Å². The fourth-order valence-electron chi connectivity index (χ4n) is 4.26. The number of rotatable bonds is 6. The smallest absolute Gasteiger partial charge is 0.351 e. The minimum Gasteiger partial charge on any atom is -0.351 e. The third-order valence-corrected chi connectivity index (χ3v) is 6.20. The molecule has 5 nitrogen and oxygen atoms in total. The second-order valence-electron chi connectivity index (χ2n) is 8.47. The molecular formula is C26H28F3N5. The van der Waals surface area contributed by atoms with Crippen LogP contribution in [0.5, 0.6) is 0 Å². The molecule has 0 saturated carbocycles. The van der Waals surface area contributed by atoms with Crippen LogP contribution in [0.3, 0.4) is 0 Å². The van der Waals surface area contributed by atoms with Crippen LogP contribution in [0.1, 0.15) is 25.0 Å². The molecule has 0 radical (unpaired) electrons. The number of hydrogen-bond acceptors (Lipinski definition) is 4. The highest BCUT2D eigenvalue weighted by Gasteiger charge is 2.31. The zero-order chi connectivity index (χ0) is 24.3. The van der Waals surface area contributed by atoms with Crippen molar-refractivity contribution in [3.8, 4) is 5.69 Å². The second kappa shape index (κ2) is 9.85. The molecule has 1 saturated heterocycles. The van der Waals surface area contributed by atoms with Crippen molar-refractivity contribution in [3.63, 3.8) is 0 Å². The fraction of sp³-hybridized carbons (Fsp3) is 0.308. The van der Waals surface area contributed by atoms with Gasteiger partial charge in [-0.2, -0.15) is 18.3 Å². The first-order valence-corrected chi connectivity index (χ1v) is 11.2. The lowest BCUT2D eigenvalue weighted by Crippen LogP contribution is -2.52. The minimum absolute atomic E-state index is 0.123. The van der Waals surface area contributed by atoms with E-state index in [9.17, 15) is 13.2 Å². The Morgan fingerprint density at radius 2 is 1.91 bits per heavy atom. The standard InChI is InChI=1S/C26H28F3N5/c1-4-21(20(3)22-6-9-24(10-7-22)34-13-5-12-31-34)18-32-14-15-33(19(2)17-32)25-11-8-23(16-30-25)26(27,28)29/h4-13,16,19H,3,14-15,17-18H2,1-2H3/b21-4-/t19-/m1/s1. The largest absolute Gasteiger partial charge is 0.417 e. The maximum absolute atomic E-state index is 12.8. The normalized spacial score (nSPS) is 17.7. The summed E-state index contributed by atoms with van der Waals surface area (Å²) in [6.45, 7) is 11.5. The molecular weight excluding hydrogens is 439 g/mol. The Morgan fingerprint density at radius 1 is 1.15 bits per heavy atom. The summed E-state index contributed by atoms with van der Waals surface area (Å²) in [5.74, 6) is 0.577. The van der Waals surface area contributed by atoms with Gasteiger partial charge in [0.15, 0.2) is 0 Å². The van der Waals surface area contributed by atoms with E-state index < -0.39 is 11.7 Å². The number of alkyl halides is 3. The summed E-state index contributed by atoms with van der Waals surface area (Å²) in [6.07, 6.45) is 2.29. The number of anilines is 1. The predicted molar refractivity (Wildman–Crippen MR) is 129 cm³/mol. The molecule has 1 fully saturated rings. The van der Waals surface area contributed by atoms with E-state index in [1.807, 2.05) is 36.0 Å². The van der Waals surface area contributed by atoms with E-state index >= 15 is 0 Å². The van der Waals surface area contributed by atoms with Crippen LogP contribution in [0.2, 0.25) is 0 Å². The first-order chi connectivity index (χ1) is 16.3. The van der Waals surface area contributed by atoms with Gasteiger partial charge in [-0.25, -0.2) is 9.67 Å². The SMILES string of the molecule is C=C(/C(=C\C)CN1CCN(c2ccc(C(F)(F)F)cn2)[C@H](C)C1)c1ccc(-n2cccn2)cc1. The molecule has 2 aromatic heterocycles. The summed E-state index contributed by atoms with van der Waals surface area (Å²) in [5, 5.41) is 4.26. The lowest BCUT2D eigenvalue weighted by molar-refractivity contribution is -0.137.